The van der Waals surface area contributed by atoms with Crippen molar-refractivity contribution >= 4 is 12.1 Å². The highest BCUT2D eigenvalue weighted by molar-refractivity contribution is 5.77. The predicted molar refractivity (Wildman–Crippen MR) is 76.5 cm³/mol. The number of carboxylic acid groups (broad SMARTS) is 1. The molecule has 2 atom stereocenters. The maximum Gasteiger partial charge on any atom is 0.419 e. The number of alkyl carbamates (subject to hydrolysis) is 1. The van der Waals surface area contributed by atoms with Gasteiger partial charge in [-0.2, -0.15) is 18.3 Å². The first-order valence-corrected chi connectivity index (χ1v) is 7.08. The van der Waals surface area contributed by atoms with Crippen molar-refractivity contribution in [2.24, 2.45) is 0 Å². The average molecular weight is 374 g/mol. The van der Waals surface area contributed by atoms with E-state index < -0.39 is 35.9 Å². The molecule has 0 bridgehead atoms. The number of aromatic nitrogens is 5. The van der Waals surface area contributed by atoms with E-state index in [0.717, 1.165) is 4.68 Å². The molecular weight excluding hydrogens is 361 g/mol. The van der Waals surface area contributed by atoms with Crippen LogP contribution in [0, 0.1) is 0 Å². The van der Waals surface area contributed by atoms with E-state index in [-0.39, 0.29) is 12.4 Å². The molecule has 0 fully saturated rings. The molecule has 1 unspecified atom stereocenters. The molecule has 2 heterocycles. The van der Waals surface area contributed by atoms with Crippen LogP contribution < -0.4 is 5.32 Å². The number of amides is 1. The summed E-state index contributed by atoms with van der Waals surface area (Å²) in [7, 11) is 0. The van der Waals surface area contributed by atoms with Gasteiger partial charge in [-0.25, -0.2) is 29.2 Å². The number of hydrogen-bond acceptors (Lipinski definition) is 7. The van der Waals surface area contributed by atoms with Gasteiger partial charge in [-0.15, -0.1) is 0 Å². The van der Waals surface area contributed by atoms with Crippen LogP contribution in [0.15, 0.2) is 25.0 Å². The quantitative estimate of drug-likeness (QED) is 0.766. The van der Waals surface area contributed by atoms with Crippen molar-refractivity contribution < 1.29 is 32.6 Å². The summed E-state index contributed by atoms with van der Waals surface area (Å²) in [6.45, 7) is 1.13. The molecule has 2 rings (SSSR count). The SMILES string of the molecule is CC(NC(=O)O[C@H](Cn1cncn1)C(=O)O)c1ncc(C(F)(F)F)cn1. The Balaban J connectivity index is 1.95. The maximum absolute atomic E-state index is 12.5. The van der Waals surface area contributed by atoms with E-state index in [1.807, 2.05) is 0 Å². The summed E-state index contributed by atoms with van der Waals surface area (Å²) in [6.07, 6.45) is -3.64. The van der Waals surface area contributed by atoms with Crippen LogP contribution in [0.1, 0.15) is 24.4 Å². The van der Waals surface area contributed by atoms with Crippen molar-refractivity contribution in [2.45, 2.75) is 31.8 Å². The molecule has 0 radical (unpaired) electrons. The highest BCUT2D eigenvalue weighted by Crippen LogP contribution is 2.28. The third-order valence-electron chi connectivity index (χ3n) is 3.06. The Morgan fingerprint density at radius 2 is 2.00 bits per heavy atom. The molecule has 2 aromatic rings. The topological polar surface area (TPSA) is 132 Å². The Labute approximate surface area is 144 Å². The number of hydrogen-bond donors (Lipinski definition) is 2. The summed E-state index contributed by atoms with van der Waals surface area (Å²) in [5.74, 6) is -1.51. The minimum Gasteiger partial charge on any atom is -0.478 e. The number of nitrogens with zero attached hydrogens (tertiary/aromatic N) is 5. The fraction of sp³-hybridized carbons (Fsp3) is 0.385. The van der Waals surface area contributed by atoms with Crippen LogP contribution >= 0.6 is 0 Å². The number of carboxylic acids is 1. The van der Waals surface area contributed by atoms with E-state index in [2.05, 4.69) is 25.4 Å². The molecule has 26 heavy (non-hydrogen) atoms. The Morgan fingerprint density at radius 1 is 1.35 bits per heavy atom. The molecule has 140 valence electrons. The summed E-state index contributed by atoms with van der Waals surface area (Å²) in [5, 5.41) is 15.0. The van der Waals surface area contributed by atoms with Gasteiger partial charge in [-0.3, -0.25) is 0 Å². The molecule has 0 aromatic carbocycles. The van der Waals surface area contributed by atoms with Gasteiger partial charge in [0.15, 0.2) is 0 Å². The molecule has 0 saturated heterocycles. The molecular formula is C13H13F3N6O4. The Morgan fingerprint density at radius 3 is 2.50 bits per heavy atom. The molecule has 0 saturated carbocycles. The lowest BCUT2D eigenvalue weighted by atomic mass is 10.3. The van der Waals surface area contributed by atoms with Gasteiger partial charge in [0.05, 0.1) is 18.2 Å². The van der Waals surface area contributed by atoms with Crippen molar-refractivity contribution in [1.82, 2.24) is 30.0 Å². The zero-order valence-electron chi connectivity index (χ0n) is 13.2. The van der Waals surface area contributed by atoms with Crippen LogP contribution in [0.2, 0.25) is 0 Å². The van der Waals surface area contributed by atoms with Gasteiger partial charge in [0, 0.05) is 12.4 Å². The maximum atomic E-state index is 12.5. The lowest BCUT2D eigenvalue weighted by molar-refractivity contribution is -0.147. The molecule has 2 N–H and O–H groups in total. The van der Waals surface area contributed by atoms with Gasteiger partial charge in [0.1, 0.15) is 18.5 Å². The monoisotopic (exact) mass is 374 g/mol. The lowest BCUT2D eigenvalue weighted by Gasteiger charge is -2.17. The van der Waals surface area contributed by atoms with Gasteiger partial charge in [0.25, 0.3) is 0 Å². The van der Waals surface area contributed by atoms with E-state index in [1.165, 1.54) is 19.6 Å². The van der Waals surface area contributed by atoms with Crippen molar-refractivity contribution in [3.8, 4) is 0 Å². The smallest absolute Gasteiger partial charge is 0.419 e. The Hall–Kier alpha value is -3.25. The lowest BCUT2D eigenvalue weighted by Crippen LogP contribution is -2.37. The number of carbonyl (C=O) groups is 2. The van der Waals surface area contributed by atoms with Crippen molar-refractivity contribution in [2.75, 3.05) is 0 Å². The van der Waals surface area contributed by atoms with Crippen LogP contribution in [0.5, 0.6) is 0 Å². The molecule has 0 spiro atoms. The Bertz CT molecular complexity index is 750. The van der Waals surface area contributed by atoms with Gasteiger partial charge in [-0.05, 0) is 6.92 Å². The summed E-state index contributed by atoms with van der Waals surface area (Å²) in [5.41, 5.74) is -1.03. The molecule has 10 nitrogen and oxygen atoms in total. The van der Waals surface area contributed by atoms with Gasteiger partial charge in [0.2, 0.25) is 6.10 Å². The summed E-state index contributed by atoms with van der Waals surface area (Å²) in [4.78, 5) is 33.7. The zero-order valence-corrected chi connectivity index (χ0v) is 13.2. The average Bonchev–Trinajstić information content (AvgIpc) is 3.06. The summed E-state index contributed by atoms with van der Waals surface area (Å²) < 4.78 is 43.3. The van der Waals surface area contributed by atoms with E-state index >= 15 is 0 Å². The van der Waals surface area contributed by atoms with Gasteiger partial charge < -0.3 is 15.2 Å². The normalized spacial score (nSPS) is 13.7. The fourth-order valence-corrected chi connectivity index (χ4v) is 1.78. The second-order valence-electron chi connectivity index (χ2n) is 5.04. The minimum atomic E-state index is -4.58. The fourth-order valence-electron chi connectivity index (χ4n) is 1.78. The van der Waals surface area contributed by atoms with E-state index in [0.29, 0.717) is 12.4 Å². The first kappa shape index (κ1) is 19.1. The highest BCUT2D eigenvalue weighted by Gasteiger charge is 2.31. The third kappa shape index (κ3) is 5.12. The first-order chi connectivity index (χ1) is 12.2. The van der Waals surface area contributed by atoms with Crippen molar-refractivity contribution in [3.63, 3.8) is 0 Å². The number of nitrogens with one attached hydrogen (secondary N) is 1. The molecule has 0 aliphatic heterocycles. The number of halogens is 3. The number of aliphatic carboxylic acids is 1. The van der Waals surface area contributed by atoms with E-state index in [4.69, 9.17) is 9.84 Å². The van der Waals surface area contributed by atoms with E-state index in [1.54, 1.807) is 0 Å². The largest absolute Gasteiger partial charge is 0.478 e. The molecule has 0 aliphatic carbocycles. The summed E-state index contributed by atoms with van der Waals surface area (Å²) >= 11 is 0. The second kappa shape index (κ2) is 7.76. The van der Waals surface area contributed by atoms with Gasteiger partial charge in [-0.1, -0.05) is 0 Å². The number of rotatable bonds is 6. The Kier molecular flexibility index (Phi) is 5.69. The number of carbonyl (C=O) groups excluding carboxylic acids is 1. The molecule has 13 heteroatoms. The standard InChI is InChI=1S/C13H13F3N6O4/c1-7(10-18-2-8(3-19-10)13(14,15)16)21-12(25)26-9(11(23)24)4-22-6-17-5-20-22/h2-3,5-7,9H,4H2,1H3,(H,21,25)(H,23,24)/t7?,9-/m1/s1. The number of alkyl halides is 3. The first-order valence-electron chi connectivity index (χ1n) is 7.08. The summed E-state index contributed by atoms with van der Waals surface area (Å²) in [6, 6.07) is -0.911. The zero-order chi connectivity index (χ0) is 19.3. The second-order valence-corrected chi connectivity index (χ2v) is 5.04. The van der Waals surface area contributed by atoms with Crippen molar-refractivity contribution in [3.05, 3.63) is 36.4 Å². The van der Waals surface area contributed by atoms with E-state index in [9.17, 15) is 22.8 Å². The van der Waals surface area contributed by atoms with Crippen LogP contribution in [0.4, 0.5) is 18.0 Å². The van der Waals surface area contributed by atoms with Crippen molar-refractivity contribution in [1.29, 1.82) is 0 Å². The number of ether oxygens (including phenoxy) is 1. The van der Waals surface area contributed by atoms with Crippen LogP contribution in [0.25, 0.3) is 0 Å². The van der Waals surface area contributed by atoms with Gasteiger partial charge >= 0.3 is 18.2 Å². The van der Waals surface area contributed by atoms with Crippen LogP contribution in [-0.4, -0.2) is 48.0 Å². The molecule has 1 amide bonds. The molecule has 0 aliphatic rings. The third-order valence-corrected chi connectivity index (χ3v) is 3.06. The minimum absolute atomic E-state index is 0.0990. The van der Waals surface area contributed by atoms with Crippen LogP contribution in [-0.2, 0) is 22.3 Å². The predicted octanol–water partition coefficient (Wildman–Crippen LogP) is 1.03. The molecule has 2 aromatic heterocycles. The highest BCUT2D eigenvalue weighted by atomic mass is 19.4. The van der Waals surface area contributed by atoms with Crippen LogP contribution in [0.3, 0.4) is 0 Å².